The van der Waals surface area contributed by atoms with E-state index in [9.17, 15) is 14.7 Å². The van der Waals surface area contributed by atoms with Crippen molar-refractivity contribution >= 4 is 34.3 Å². The third kappa shape index (κ3) is 4.25. The molecule has 0 spiro atoms. The Morgan fingerprint density at radius 3 is 2.75 bits per heavy atom. The molecule has 4 rings (SSSR count). The first-order valence-corrected chi connectivity index (χ1v) is 10.3. The number of nitrogens with one attached hydrogen (secondary N) is 1. The summed E-state index contributed by atoms with van der Waals surface area (Å²) in [5.74, 6) is 0.401. The molecule has 3 heterocycles. The number of hydrogen-bond donors (Lipinski definition) is 2. The molecule has 2 N–H and O–H groups in total. The zero-order valence-corrected chi connectivity index (χ0v) is 18.1. The molecule has 2 amide bonds. The first kappa shape index (κ1) is 21.3. The van der Waals surface area contributed by atoms with Crippen LogP contribution in [0.4, 0.5) is 10.6 Å². The Morgan fingerprint density at radius 2 is 2.09 bits per heavy atom. The van der Waals surface area contributed by atoms with E-state index >= 15 is 0 Å². The van der Waals surface area contributed by atoms with Crippen LogP contribution in [0.15, 0.2) is 36.5 Å². The Morgan fingerprint density at radius 1 is 1.28 bits per heavy atom. The van der Waals surface area contributed by atoms with Crippen molar-refractivity contribution in [2.75, 3.05) is 18.5 Å². The number of carbonyl (C=O) groups excluding carboxylic acids is 1. The molecule has 0 bridgehead atoms. The van der Waals surface area contributed by atoms with Crippen LogP contribution in [0.2, 0.25) is 0 Å². The average Bonchev–Trinajstić information content (AvgIpc) is 3.12. The molecule has 10 heteroatoms. The van der Waals surface area contributed by atoms with E-state index < -0.39 is 6.09 Å². The van der Waals surface area contributed by atoms with Gasteiger partial charge in [-0.3, -0.25) is 9.48 Å². The van der Waals surface area contributed by atoms with Gasteiger partial charge in [-0.25, -0.2) is 4.79 Å². The van der Waals surface area contributed by atoms with E-state index in [2.05, 4.69) is 20.6 Å². The number of fused-ring (bicyclic) bond motifs is 1. The maximum absolute atomic E-state index is 12.9. The minimum Gasteiger partial charge on any atom is -0.493 e. The lowest BCUT2D eigenvalue weighted by Gasteiger charge is -2.30. The van der Waals surface area contributed by atoms with E-state index in [-0.39, 0.29) is 11.9 Å². The summed E-state index contributed by atoms with van der Waals surface area (Å²) >= 11 is 0. The number of aromatic nitrogens is 4. The number of carboxylic acid groups (broad SMARTS) is 1. The van der Waals surface area contributed by atoms with Gasteiger partial charge in [0.1, 0.15) is 5.75 Å². The van der Waals surface area contributed by atoms with E-state index in [4.69, 9.17) is 4.74 Å². The summed E-state index contributed by atoms with van der Waals surface area (Å²) in [7, 11) is 1.82. The minimum atomic E-state index is -0.937. The maximum atomic E-state index is 12.9. The second-order valence-electron chi connectivity index (χ2n) is 7.62. The fourth-order valence-corrected chi connectivity index (χ4v) is 3.76. The van der Waals surface area contributed by atoms with Crippen molar-refractivity contribution in [1.82, 2.24) is 24.9 Å². The number of carbonyl (C=O) groups is 2. The van der Waals surface area contributed by atoms with Crippen molar-refractivity contribution < 1.29 is 19.4 Å². The molecule has 0 aliphatic carbocycles. The number of rotatable bonds is 5. The zero-order valence-electron chi connectivity index (χ0n) is 18.1. The number of hydrogen-bond acceptors (Lipinski definition) is 6. The number of nitrogens with zero attached hydrogens (tertiary/aromatic N) is 5. The van der Waals surface area contributed by atoms with Crippen molar-refractivity contribution in [2.24, 2.45) is 7.05 Å². The van der Waals surface area contributed by atoms with Crippen molar-refractivity contribution in [1.29, 1.82) is 0 Å². The summed E-state index contributed by atoms with van der Waals surface area (Å²) in [4.78, 5) is 25.5. The number of anilines is 1. The summed E-state index contributed by atoms with van der Waals surface area (Å²) in [5.41, 5.74) is 2.72. The summed E-state index contributed by atoms with van der Waals surface area (Å²) in [6, 6.07) is 6.80. The van der Waals surface area contributed by atoms with E-state index in [1.165, 1.54) is 4.90 Å². The van der Waals surface area contributed by atoms with Gasteiger partial charge in [0, 0.05) is 37.3 Å². The largest absolute Gasteiger partial charge is 0.493 e. The van der Waals surface area contributed by atoms with E-state index in [1.54, 1.807) is 28.9 Å². The van der Waals surface area contributed by atoms with E-state index in [0.717, 1.165) is 16.5 Å². The molecule has 1 aromatic carbocycles. The van der Waals surface area contributed by atoms with Crippen LogP contribution in [0, 0.1) is 0 Å². The molecule has 1 aliphatic heterocycles. The fourth-order valence-electron chi connectivity index (χ4n) is 3.76. The smallest absolute Gasteiger partial charge is 0.407 e. The van der Waals surface area contributed by atoms with Crippen LogP contribution < -0.4 is 10.1 Å². The fraction of sp³-hybridized carbons (Fsp3) is 0.318. The summed E-state index contributed by atoms with van der Waals surface area (Å²) in [6.45, 7) is 4.44. The summed E-state index contributed by atoms with van der Waals surface area (Å²) < 4.78 is 7.33. The number of ether oxygens (including phenoxy) is 1. The molecule has 0 unspecified atom stereocenters. The predicted octanol–water partition coefficient (Wildman–Crippen LogP) is 3.17. The summed E-state index contributed by atoms with van der Waals surface area (Å²) in [5, 5.41) is 25.5. The predicted molar refractivity (Wildman–Crippen MR) is 119 cm³/mol. The lowest BCUT2D eigenvalue weighted by molar-refractivity contribution is 0.102. The molecule has 1 atom stereocenters. The third-order valence-electron chi connectivity index (χ3n) is 5.33. The van der Waals surface area contributed by atoms with Gasteiger partial charge in [-0.2, -0.15) is 5.10 Å². The first-order valence-electron chi connectivity index (χ1n) is 10.3. The Bertz CT molecular complexity index is 1200. The van der Waals surface area contributed by atoms with Gasteiger partial charge < -0.3 is 20.1 Å². The normalized spacial score (nSPS) is 16.0. The van der Waals surface area contributed by atoms with Crippen LogP contribution in [0.25, 0.3) is 16.5 Å². The number of amides is 2. The number of aryl methyl sites for hydroxylation is 1. The second-order valence-corrected chi connectivity index (χ2v) is 7.62. The van der Waals surface area contributed by atoms with Crippen LogP contribution in [-0.4, -0.2) is 61.2 Å². The lowest BCUT2D eigenvalue weighted by Crippen LogP contribution is -2.40. The molecule has 2 aromatic heterocycles. The molecule has 3 aromatic rings. The van der Waals surface area contributed by atoms with Crippen molar-refractivity contribution in [2.45, 2.75) is 26.3 Å². The highest BCUT2D eigenvalue weighted by molar-refractivity contribution is 6.08. The first-order chi connectivity index (χ1) is 15.4. The van der Waals surface area contributed by atoms with Gasteiger partial charge in [-0.15, -0.1) is 10.2 Å². The molecule has 0 radical (unpaired) electrons. The van der Waals surface area contributed by atoms with Crippen LogP contribution >= 0.6 is 0 Å². The second kappa shape index (κ2) is 8.66. The van der Waals surface area contributed by atoms with Crippen molar-refractivity contribution in [3.63, 3.8) is 0 Å². The lowest BCUT2D eigenvalue weighted by atomic mass is 9.99. The third-order valence-corrected chi connectivity index (χ3v) is 5.33. The molecular weight excluding hydrogens is 412 g/mol. The molecule has 10 nitrogen and oxygen atoms in total. The topological polar surface area (TPSA) is 122 Å². The standard InChI is InChI=1S/C22H24N6O4/c1-4-32-19-11-18-15(12-27(3)26-18)10-16(19)21(29)23-20-6-5-17(24-25-20)14-7-8-28(22(30)31)13(2)9-14/h5-7,10-13H,4,8-9H2,1-3H3,(H,30,31)(H,23,25,29)/t13-/m0/s1. The van der Waals surface area contributed by atoms with Crippen LogP contribution in [0.3, 0.4) is 0 Å². The van der Waals surface area contributed by atoms with Crippen LogP contribution in [-0.2, 0) is 7.05 Å². The van der Waals surface area contributed by atoms with Gasteiger partial charge in [0.25, 0.3) is 5.91 Å². The molecule has 1 aliphatic rings. The monoisotopic (exact) mass is 436 g/mol. The molecule has 166 valence electrons. The Kier molecular flexibility index (Phi) is 5.76. The van der Waals surface area contributed by atoms with E-state index in [1.807, 2.05) is 33.2 Å². The highest BCUT2D eigenvalue weighted by Gasteiger charge is 2.24. The SMILES string of the molecule is CCOc1cc2nn(C)cc2cc1C(=O)Nc1ccc(C2=CCN(C(=O)O)[C@@H](C)C2)nn1. The van der Waals surface area contributed by atoms with Gasteiger partial charge in [0.15, 0.2) is 5.82 Å². The average molecular weight is 436 g/mol. The summed E-state index contributed by atoms with van der Waals surface area (Å²) in [6.07, 6.45) is 3.29. The Balaban J connectivity index is 1.52. The van der Waals surface area contributed by atoms with E-state index in [0.29, 0.717) is 42.4 Å². The molecule has 0 saturated carbocycles. The molecular formula is C22H24N6O4. The molecule has 0 fully saturated rings. The maximum Gasteiger partial charge on any atom is 0.407 e. The molecule has 0 saturated heterocycles. The highest BCUT2D eigenvalue weighted by atomic mass is 16.5. The highest BCUT2D eigenvalue weighted by Crippen LogP contribution is 2.27. The van der Waals surface area contributed by atoms with Gasteiger partial charge in [-0.05, 0) is 44.0 Å². The molecule has 32 heavy (non-hydrogen) atoms. The van der Waals surface area contributed by atoms with Crippen molar-refractivity contribution in [3.8, 4) is 5.75 Å². The van der Waals surface area contributed by atoms with Crippen LogP contribution in [0.5, 0.6) is 5.75 Å². The quantitative estimate of drug-likeness (QED) is 0.630. The van der Waals surface area contributed by atoms with Gasteiger partial charge in [0.05, 0.1) is 23.4 Å². The van der Waals surface area contributed by atoms with Crippen molar-refractivity contribution in [3.05, 3.63) is 47.8 Å². The van der Waals surface area contributed by atoms with Gasteiger partial charge >= 0.3 is 6.09 Å². The Labute approximate surface area is 184 Å². The van der Waals surface area contributed by atoms with Crippen LogP contribution in [0.1, 0.15) is 36.3 Å². The minimum absolute atomic E-state index is 0.145. The van der Waals surface area contributed by atoms with Gasteiger partial charge in [-0.1, -0.05) is 6.08 Å². The number of benzene rings is 1. The van der Waals surface area contributed by atoms with Gasteiger partial charge in [0.2, 0.25) is 0 Å². The Hall–Kier alpha value is -3.95. The zero-order chi connectivity index (χ0) is 22.8.